The molecule has 1 amide bonds. The summed E-state index contributed by atoms with van der Waals surface area (Å²) in [6, 6.07) is 3.72. The van der Waals surface area contributed by atoms with Gasteiger partial charge in [-0.25, -0.2) is 4.39 Å². The third-order valence-corrected chi connectivity index (χ3v) is 3.96. The van der Waals surface area contributed by atoms with E-state index in [0.29, 0.717) is 0 Å². The Hall–Kier alpha value is -2.15. The van der Waals surface area contributed by atoms with Crippen LogP contribution in [0.25, 0.3) is 0 Å². The largest absolute Gasteiger partial charge is 0.397 e. The lowest BCUT2D eigenvalue weighted by Gasteiger charge is -2.09. The Bertz CT molecular complexity index is 721. The topological polar surface area (TPSA) is 77.1 Å². The number of nitrogens with zero attached hydrogens (tertiary/aromatic N) is 1. The van der Waals surface area contributed by atoms with Crippen molar-refractivity contribution in [2.75, 3.05) is 11.1 Å². The van der Waals surface area contributed by atoms with E-state index < -0.39 is 11.7 Å². The summed E-state index contributed by atoms with van der Waals surface area (Å²) in [6.45, 7) is 3.47. The number of thiazole rings is 1. The predicted molar refractivity (Wildman–Crippen MR) is 77.5 cm³/mol. The molecule has 7 heteroatoms. The summed E-state index contributed by atoms with van der Waals surface area (Å²) in [4.78, 5) is 24.3. The summed E-state index contributed by atoms with van der Waals surface area (Å²) in [5.41, 5.74) is 6.87. The third kappa shape index (κ3) is 2.88. The van der Waals surface area contributed by atoms with Crippen LogP contribution in [0.5, 0.6) is 0 Å². The number of rotatable bonds is 3. The molecule has 0 saturated heterocycles. The predicted octanol–water partition coefficient (Wildman–Crippen LogP) is 1.89. The molecule has 0 aliphatic carbocycles. The highest BCUT2D eigenvalue weighted by atomic mass is 32.1. The van der Waals surface area contributed by atoms with Crippen molar-refractivity contribution in [3.8, 4) is 0 Å². The van der Waals surface area contributed by atoms with E-state index in [2.05, 4.69) is 5.32 Å². The molecule has 1 heterocycles. The van der Waals surface area contributed by atoms with Crippen LogP contribution >= 0.6 is 11.3 Å². The number of nitrogens with one attached hydrogen (secondary N) is 1. The Labute approximate surface area is 118 Å². The monoisotopic (exact) mass is 295 g/mol. The van der Waals surface area contributed by atoms with Crippen molar-refractivity contribution in [2.24, 2.45) is 0 Å². The van der Waals surface area contributed by atoms with Gasteiger partial charge < -0.3 is 11.1 Å². The smallest absolute Gasteiger partial charge is 0.308 e. The Balaban J connectivity index is 2.17. The molecule has 1 aromatic carbocycles. The number of benzene rings is 1. The molecule has 5 nitrogen and oxygen atoms in total. The maximum absolute atomic E-state index is 13.1. The second-order valence-corrected chi connectivity index (χ2v) is 5.54. The van der Waals surface area contributed by atoms with Crippen molar-refractivity contribution in [2.45, 2.75) is 20.4 Å². The molecule has 0 aliphatic heterocycles. The molecule has 0 radical (unpaired) electrons. The first kappa shape index (κ1) is 14.3. The van der Waals surface area contributed by atoms with Gasteiger partial charge in [0.05, 0.1) is 11.4 Å². The number of carbonyl (C=O) groups is 1. The van der Waals surface area contributed by atoms with E-state index in [1.807, 2.05) is 6.92 Å². The molecular weight excluding hydrogens is 281 g/mol. The molecule has 3 N–H and O–H groups in total. The van der Waals surface area contributed by atoms with Crippen molar-refractivity contribution in [1.82, 2.24) is 4.57 Å². The van der Waals surface area contributed by atoms with E-state index in [0.717, 1.165) is 28.0 Å². The second kappa shape index (κ2) is 5.46. The van der Waals surface area contributed by atoms with Crippen molar-refractivity contribution < 1.29 is 9.18 Å². The van der Waals surface area contributed by atoms with Gasteiger partial charge >= 0.3 is 4.87 Å². The summed E-state index contributed by atoms with van der Waals surface area (Å²) in [5.74, 6) is -0.917. The maximum atomic E-state index is 13.1. The Morgan fingerprint density at radius 3 is 2.75 bits per heavy atom. The number of anilines is 2. The first-order valence-electron chi connectivity index (χ1n) is 5.90. The van der Waals surface area contributed by atoms with E-state index >= 15 is 0 Å². The first-order chi connectivity index (χ1) is 9.38. The molecule has 2 aromatic rings. The summed E-state index contributed by atoms with van der Waals surface area (Å²) < 4.78 is 14.5. The van der Waals surface area contributed by atoms with Gasteiger partial charge in [-0.15, -0.1) is 0 Å². The molecular formula is C13H14FN3O2S. The van der Waals surface area contributed by atoms with Gasteiger partial charge in [0.1, 0.15) is 12.4 Å². The SMILES string of the molecule is Cc1sc(=O)n(CC(=O)Nc2cc(F)ccc2N)c1C. The molecule has 0 spiro atoms. The number of halogens is 1. The highest BCUT2D eigenvalue weighted by molar-refractivity contribution is 7.09. The second-order valence-electron chi connectivity index (χ2n) is 4.38. The molecule has 2 rings (SSSR count). The number of nitrogen functional groups attached to an aromatic ring is 1. The summed E-state index contributed by atoms with van der Waals surface area (Å²) in [5, 5.41) is 2.50. The van der Waals surface area contributed by atoms with Crippen LogP contribution in [0, 0.1) is 19.7 Å². The molecule has 20 heavy (non-hydrogen) atoms. The number of aryl methyl sites for hydroxylation is 1. The van der Waals surface area contributed by atoms with Gasteiger partial charge in [-0.2, -0.15) is 0 Å². The van der Waals surface area contributed by atoms with E-state index in [1.165, 1.54) is 16.7 Å². The normalized spacial score (nSPS) is 10.6. The molecule has 0 saturated carbocycles. The van der Waals surface area contributed by atoms with E-state index in [9.17, 15) is 14.0 Å². The number of hydrogen-bond donors (Lipinski definition) is 2. The number of hydrogen-bond acceptors (Lipinski definition) is 4. The van der Waals surface area contributed by atoms with Crippen LogP contribution in [0.4, 0.5) is 15.8 Å². The van der Waals surface area contributed by atoms with Crippen LogP contribution in [0.1, 0.15) is 10.6 Å². The standard InChI is InChI=1S/C13H14FN3O2S/c1-7-8(2)20-13(19)17(7)6-12(18)16-11-5-9(14)3-4-10(11)15/h3-5H,6,15H2,1-2H3,(H,16,18). The lowest BCUT2D eigenvalue weighted by molar-refractivity contribution is -0.116. The number of carbonyl (C=O) groups excluding carboxylic acids is 1. The van der Waals surface area contributed by atoms with Gasteiger partial charge in [-0.1, -0.05) is 11.3 Å². The van der Waals surface area contributed by atoms with Crippen LogP contribution in [-0.4, -0.2) is 10.5 Å². The fraction of sp³-hybridized carbons (Fsp3) is 0.231. The van der Waals surface area contributed by atoms with Gasteiger partial charge in [0.15, 0.2) is 0 Å². The van der Waals surface area contributed by atoms with Gasteiger partial charge in [-0.05, 0) is 32.0 Å². The van der Waals surface area contributed by atoms with Gasteiger partial charge in [-0.3, -0.25) is 14.2 Å². The average molecular weight is 295 g/mol. The van der Waals surface area contributed by atoms with Crippen LogP contribution in [0.3, 0.4) is 0 Å². The van der Waals surface area contributed by atoms with Crippen molar-refractivity contribution >= 4 is 28.6 Å². The van der Waals surface area contributed by atoms with Gasteiger partial charge in [0.2, 0.25) is 5.91 Å². The van der Waals surface area contributed by atoms with Crippen LogP contribution in [0.2, 0.25) is 0 Å². The zero-order chi connectivity index (χ0) is 14.9. The number of aromatic nitrogens is 1. The summed E-state index contributed by atoms with van der Waals surface area (Å²) in [6.07, 6.45) is 0. The lowest BCUT2D eigenvalue weighted by Crippen LogP contribution is -2.25. The minimum Gasteiger partial charge on any atom is -0.397 e. The Morgan fingerprint density at radius 1 is 1.45 bits per heavy atom. The third-order valence-electron chi connectivity index (χ3n) is 2.97. The van der Waals surface area contributed by atoms with Crippen LogP contribution in [0.15, 0.2) is 23.0 Å². The summed E-state index contributed by atoms with van der Waals surface area (Å²) >= 11 is 1.09. The first-order valence-corrected chi connectivity index (χ1v) is 6.72. The van der Waals surface area contributed by atoms with E-state index in [1.54, 1.807) is 6.92 Å². The molecule has 106 valence electrons. The highest BCUT2D eigenvalue weighted by Gasteiger charge is 2.12. The van der Waals surface area contributed by atoms with E-state index in [-0.39, 0.29) is 22.8 Å². The Morgan fingerprint density at radius 2 is 2.15 bits per heavy atom. The molecule has 0 unspecified atom stereocenters. The molecule has 0 fully saturated rings. The van der Waals surface area contributed by atoms with Crippen LogP contribution < -0.4 is 15.9 Å². The minimum absolute atomic E-state index is 0.120. The zero-order valence-electron chi connectivity index (χ0n) is 11.1. The fourth-order valence-electron chi connectivity index (χ4n) is 1.74. The summed E-state index contributed by atoms with van der Waals surface area (Å²) in [7, 11) is 0. The molecule has 1 aromatic heterocycles. The number of amides is 1. The van der Waals surface area contributed by atoms with Crippen molar-refractivity contribution in [1.29, 1.82) is 0 Å². The average Bonchev–Trinajstić information content (AvgIpc) is 2.61. The quantitative estimate of drug-likeness (QED) is 0.849. The number of nitrogens with two attached hydrogens (primary N) is 1. The minimum atomic E-state index is -0.491. The van der Waals surface area contributed by atoms with Crippen LogP contribution in [-0.2, 0) is 11.3 Å². The lowest BCUT2D eigenvalue weighted by atomic mass is 10.2. The van der Waals surface area contributed by atoms with Gasteiger partial charge in [0, 0.05) is 10.6 Å². The fourth-order valence-corrected chi connectivity index (χ4v) is 2.57. The maximum Gasteiger partial charge on any atom is 0.308 e. The molecule has 0 aliphatic rings. The Kier molecular flexibility index (Phi) is 3.89. The van der Waals surface area contributed by atoms with Gasteiger partial charge in [0.25, 0.3) is 0 Å². The highest BCUT2D eigenvalue weighted by Crippen LogP contribution is 2.19. The molecule has 0 atom stereocenters. The molecule has 0 bridgehead atoms. The van der Waals surface area contributed by atoms with E-state index in [4.69, 9.17) is 5.73 Å². The van der Waals surface area contributed by atoms with Crippen molar-refractivity contribution in [3.63, 3.8) is 0 Å². The van der Waals surface area contributed by atoms with Crippen molar-refractivity contribution in [3.05, 3.63) is 44.3 Å². The zero-order valence-corrected chi connectivity index (χ0v) is 11.9.